The van der Waals surface area contributed by atoms with Gasteiger partial charge >= 0.3 is 0 Å². The summed E-state index contributed by atoms with van der Waals surface area (Å²) in [5, 5.41) is 0. The Morgan fingerprint density at radius 1 is 1.00 bits per heavy atom. The number of aromatic nitrogens is 2. The lowest BCUT2D eigenvalue weighted by molar-refractivity contribution is 0.601. The van der Waals surface area contributed by atoms with E-state index in [0.717, 1.165) is 24.3 Å². The molecule has 0 unspecified atom stereocenters. The smallest absolute Gasteiger partial charge is 0.257 e. The van der Waals surface area contributed by atoms with Crippen LogP contribution in [0.1, 0.15) is 5.69 Å². The Bertz CT molecular complexity index is 1070. The molecule has 0 fully saturated rings. The van der Waals surface area contributed by atoms with E-state index in [1.807, 2.05) is 6.07 Å². The number of halogens is 1. The van der Waals surface area contributed by atoms with Crippen molar-refractivity contribution in [2.75, 3.05) is 0 Å². The van der Waals surface area contributed by atoms with E-state index in [2.05, 4.69) is 4.72 Å². The molecule has 0 saturated heterocycles. The summed E-state index contributed by atoms with van der Waals surface area (Å²) >= 11 is 0. The second kappa shape index (κ2) is 6.21. The Hall–Kier alpha value is -2.87. The van der Waals surface area contributed by atoms with Crippen molar-refractivity contribution in [3.8, 4) is 5.69 Å². The van der Waals surface area contributed by atoms with Crippen LogP contribution in [0.4, 0.5) is 10.1 Å². The highest BCUT2D eigenvalue weighted by Gasteiger charge is 2.14. The average Bonchev–Trinajstić information content (AvgIpc) is 2.79. The van der Waals surface area contributed by atoms with Crippen LogP contribution in [0.15, 0.2) is 64.3 Å². The van der Waals surface area contributed by atoms with Gasteiger partial charge in [0.05, 0.1) is 10.6 Å². The third-order valence-corrected chi connectivity index (χ3v) is 5.14. The molecule has 1 heterocycles. The zero-order valence-electron chi connectivity index (χ0n) is 13.5. The minimum atomic E-state index is -4.13. The molecule has 0 amide bonds. The second-order valence-corrected chi connectivity index (χ2v) is 7.03. The van der Waals surface area contributed by atoms with Crippen molar-refractivity contribution in [2.45, 2.75) is 11.8 Å². The molecule has 0 bridgehead atoms. The molecule has 0 saturated carbocycles. The first-order chi connectivity index (χ1) is 11.8. The zero-order valence-corrected chi connectivity index (χ0v) is 14.4. The van der Waals surface area contributed by atoms with Crippen LogP contribution in [0.25, 0.3) is 10.4 Å². The summed E-state index contributed by atoms with van der Waals surface area (Å²) in [6, 6.07) is 13.1. The minimum absolute atomic E-state index is 0.171. The van der Waals surface area contributed by atoms with Gasteiger partial charge in [-0.3, -0.25) is 9.48 Å². The number of nitrogens with zero attached hydrogens (tertiary/aromatic N) is 3. The number of para-hydroxylation sites is 1. The fourth-order valence-corrected chi connectivity index (χ4v) is 3.47. The molecule has 8 heteroatoms. The van der Waals surface area contributed by atoms with Crippen LogP contribution in [-0.4, -0.2) is 17.8 Å². The summed E-state index contributed by atoms with van der Waals surface area (Å²) in [6.45, 7) is 1.61. The topological polar surface area (TPSA) is 75.2 Å². The normalized spacial score (nSPS) is 11.5. The zero-order chi connectivity index (χ0) is 18.2. The van der Waals surface area contributed by atoms with Crippen molar-refractivity contribution in [3.63, 3.8) is 0 Å². The van der Waals surface area contributed by atoms with Crippen LogP contribution in [0, 0.1) is 12.7 Å². The first-order valence-corrected chi connectivity index (χ1v) is 8.83. The Balaban J connectivity index is 2.07. The van der Waals surface area contributed by atoms with Crippen molar-refractivity contribution < 1.29 is 12.8 Å². The molecule has 0 aliphatic rings. The van der Waals surface area contributed by atoms with E-state index in [9.17, 15) is 17.6 Å². The highest BCUT2D eigenvalue weighted by molar-refractivity contribution is 7.94. The molecular formula is C17H15FN3O3S-. The fraction of sp³-hybridized carbons (Fsp3) is 0.118. The van der Waals surface area contributed by atoms with E-state index >= 15 is 0 Å². The molecule has 0 aliphatic carbocycles. The maximum Gasteiger partial charge on any atom is 0.257 e. The van der Waals surface area contributed by atoms with Gasteiger partial charge in [0, 0.05) is 12.7 Å². The van der Waals surface area contributed by atoms with Gasteiger partial charge in [-0.1, -0.05) is 18.2 Å². The summed E-state index contributed by atoms with van der Waals surface area (Å²) in [5.74, 6) is -0.554. The lowest BCUT2D eigenvalue weighted by Crippen LogP contribution is -2.19. The molecule has 130 valence electrons. The van der Waals surface area contributed by atoms with E-state index in [1.54, 1.807) is 38.2 Å². The largest absolute Gasteiger partial charge is 0.567 e. The maximum atomic E-state index is 13.0. The number of sulfonamides is 1. The number of rotatable bonds is 4. The SMILES string of the molecule is Cc1c([N-]S(=O)(=O)c2ccc(F)cc2)c(=O)n(-c2ccccc2)n1C. The Morgan fingerprint density at radius 3 is 2.20 bits per heavy atom. The molecule has 0 N–H and O–H groups in total. The van der Waals surface area contributed by atoms with Gasteiger partial charge < -0.3 is 4.72 Å². The molecule has 2 aromatic carbocycles. The number of benzene rings is 2. The highest BCUT2D eigenvalue weighted by Crippen LogP contribution is 2.28. The van der Waals surface area contributed by atoms with Crippen LogP contribution < -0.4 is 5.56 Å². The highest BCUT2D eigenvalue weighted by atomic mass is 32.2. The summed E-state index contributed by atoms with van der Waals surface area (Å²) in [4.78, 5) is 12.5. The molecule has 1 aromatic heterocycles. The average molecular weight is 360 g/mol. The molecule has 0 spiro atoms. The minimum Gasteiger partial charge on any atom is -0.567 e. The monoisotopic (exact) mass is 360 g/mol. The summed E-state index contributed by atoms with van der Waals surface area (Å²) in [6.07, 6.45) is 0. The second-order valence-electron chi connectivity index (χ2n) is 5.43. The third kappa shape index (κ3) is 3.08. The predicted octanol–water partition coefficient (Wildman–Crippen LogP) is 3.02. The van der Waals surface area contributed by atoms with Gasteiger partial charge in [0.15, 0.2) is 0 Å². The van der Waals surface area contributed by atoms with Crippen molar-refractivity contribution in [1.82, 2.24) is 9.36 Å². The van der Waals surface area contributed by atoms with E-state index in [1.165, 1.54) is 9.36 Å². The summed E-state index contributed by atoms with van der Waals surface area (Å²) in [7, 11) is -2.48. The molecule has 3 rings (SSSR count). The lowest BCUT2D eigenvalue weighted by Gasteiger charge is -2.20. The van der Waals surface area contributed by atoms with E-state index in [4.69, 9.17) is 0 Å². The molecule has 0 radical (unpaired) electrons. The van der Waals surface area contributed by atoms with Gasteiger partial charge in [-0.15, -0.1) is 0 Å². The molecular weight excluding hydrogens is 345 g/mol. The molecule has 25 heavy (non-hydrogen) atoms. The fourth-order valence-electron chi connectivity index (χ4n) is 2.44. The van der Waals surface area contributed by atoms with Crippen LogP contribution in [0.3, 0.4) is 0 Å². The van der Waals surface area contributed by atoms with Crippen molar-refractivity contribution in [3.05, 3.63) is 81.2 Å². The molecule has 0 atom stereocenters. The van der Waals surface area contributed by atoms with Gasteiger partial charge in [-0.25, -0.2) is 17.5 Å². The number of hydrogen-bond acceptors (Lipinski definition) is 3. The quantitative estimate of drug-likeness (QED) is 0.718. The molecule has 6 nitrogen and oxygen atoms in total. The summed E-state index contributed by atoms with van der Waals surface area (Å²) in [5.41, 5.74) is 0.283. The standard InChI is InChI=1S/C17H15FN3O3S/c1-12-16(19-25(23,24)15-10-8-13(18)9-11-15)17(22)21(20(12)2)14-6-4-3-5-7-14/h3-11H,1-2H3/q-1. The molecule has 0 aliphatic heterocycles. The third-order valence-electron chi connectivity index (χ3n) is 3.85. The van der Waals surface area contributed by atoms with Crippen LogP contribution in [0.2, 0.25) is 0 Å². The van der Waals surface area contributed by atoms with Gasteiger partial charge in [0.2, 0.25) is 0 Å². The Morgan fingerprint density at radius 2 is 1.60 bits per heavy atom. The van der Waals surface area contributed by atoms with Gasteiger partial charge in [0.25, 0.3) is 5.56 Å². The summed E-state index contributed by atoms with van der Waals surface area (Å²) < 4.78 is 44.4. The van der Waals surface area contributed by atoms with Crippen LogP contribution in [0.5, 0.6) is 0 Å². The molecule has 3 aromatic rings. The van der Waals surface area contributed by atoms with Crippen molar-refractivity contribution >= 4 is 15.7 Å². The predicted molar refractivity (Wildman–Crippen MR) is 92.4 cm³/mol. The van der Waals surface area contributed by atoms with Crippen LogP contribution >= 0.6 is 0 Å². The van der Waals surface area contributed by atoms with Crippen molar-refractivity contribution in [1.29, 1.82) is 0 Å². The first-order valence-electron chi connectivity index (χ1n) is 7.39. The first kappa shape index (κ1) is 17.0. The maximum absolute atomic E-state index is 13.0. The van der Waals surface area contributed by atoms with Crippen LogP contribution in [-0.2, 0) is 17.1 Å². The lowest BCUT2D eigenvalue weighted by atomic mass is 10.3. The van der Waals surface area contributed by atoms with Gasteiger partial charge in [-0.05, 0) is 49.0 Å². The Labute approximate surface area is 144 Å². The van der Waals surface area contributed by atoms with E-state index < -0.39 is 21.4 Å². The van der Waals surface area contributed by atoms with Gasteiger partial charge in [0.1, 0.15) is 15.8 Å². The van der Waals surface area contributed by atoms with E-state index in [0.29, 0.717) is 11.4 Å². The Kier molecular flexibility index (Phi) is 4.22. The van der Waals surface area contributed by atoms with E-state index in [-0.39, 0.29) is 10.6 Å². The number of hydrogen-bond donors (Lipinski definition) is 0. The van der Waals surface area contributed by atoms with Crippen molar-refractivity contribution in [2.24, 2.45) is 7.05 Å². The van der Waals surface area contributed by atoms with Gasteiger partial charge in [-0.2, -0.15) is 0 Å².